The van der Waals surface area contributed by atoms with Crippen LogP contribution in [-0.4, -0.2) is 10.9 Å². The van der Waals surface area contributed by atoms with Crippen molar-refractivity contribution in [2.24, 2.45) is 5.73 Å². The van der Waals surface area contributed by atoms with Crippen molar-refractivity contribution in [2.75, 3.05) is 0 Å². The van der Waals surface area contributed by atoms with Crippen LogP contribution in [0.25, 0.3) is 0 Å². The van der Waals surface area contributed by atoms with Crippen molar-refractivity contribution in [3.8, 4) is 5.75 Å². The van der Waals surface area contributed by atoms with Gasteiger partial charge in [0.1, 0.15) is 11.6 Å². The van der Waals surface area contributed by atoms with E-state index in [-0.39, 0.29) is 22.2 Å². The summed E-state index contributed by atoms with van der Waals surface area (Å²) >= 11 is 5.66. The van der Waals surface area contributed by atoms with Gasteiger partial charge in [0, 0.05) is 0 Å². The molecule has 1 aromatic rings. The van der Waals surface area contributed by atoms with Crippen molar-refractivity contribution in [3.63, 3.8) is 0 Å². The van der Waals surface area contributed by atoms with E-state index in [2.05, 4.69) is 0 Å². The van der Waals surface area contributed by atoms with Crippen LogP contribution in [0.4, 0.5) is 0 Å². The SMILES string of the molecule is Cc1cc(Cl)c(O)c(C(=N)N)c1. The highest BCUT2D eigenvalue weighted by atomic mass is 35.5. The maximum Gasteiger partial charge on any atom is 0.145 e. The predicted octanol–water partition coefficient (Wildman–Crippen LogP) is 1.64. The number of benzene rings is 1. The van der Waals surface area contributed by atoms with Crippen molar-refractivity contribution in [1.82, 2.24) is 0 Å². The molecule has 12 heavy (non-hydrogen) atoms. The van der Waals surface area contributed by atoms with Gasteiger partial charge in [0.25, 0.3) is 0 Å². The Labute approximate surface area is 75.3 Å². The largest absolute Gasteiger partial charge is 0.506 e. The number of nitrogens with two attached hydrogens (primary N) is 1. The van der Waals surface area contributed by atoms with E-state index in [1.807, 2.05) is 6.92 Å². The maximum atomic E-state index is 9.34. The molecule has 0 fully saturated rings. The van der Waals surface area contributed by atoms with Crippen LogP contribution < -0.4 is 5.73 Å². The summed E-state index contributed by atoms with van der Waals surface area (Å²) in [5.74, 6) is -0.312. The molecule has 0 aliphatic rings. The molecule has 3 nitrogen and oxygen atoms in total. The van der Waals surface area contributed by atoms with Crippen molar-refractivity contribution in [2.45, 2.75) is 6.92 Å². The number of nitrogen functional groups attached to an aromatic ring is 1. The molecule has 0 saturated heterocycles. The number of rotatable bonds is 1. The normalized spacial score (nSPS) is 9.83. The molecule has 0 radical (unpaired) electrons. The first kappa shape index (κ1) is 8.87. The van der Waals surface area contributed by atoms with E-state index in [0.717, 1.165) is 5.56 Å². The lowest BCUT2D eigenvalue weighted by Crippen LogP contribution is -2.11. The van der Waals surface area contributed by atoms with Gasteiger partial charge in [0.2, 0.25) is 0 Å². The second kappa shape index (κ2) is 3.03. The predicted molar refractivity (Wildman–Crippen MR) is 48.9 cm³/mol. The Kier molecular flexibility index (Phi) is 2.24. The zero-order valence-corrected chi connectivity index (χ0v) is 7.31. The van der Waals surface area contributed by atoms with E-state index in [4.69, 9.17) is 22.7 Å². The second-order valence-electron chi connectivity index (χ2n) is 2.56. The fourth-order valence-electron chi connectivity index (χ4n) is 0.940. The molecular formula is C8H9ClN2O. The number of nitrogens with one attached hydrogen (secondary N) is 1. The Morgan fingerprint density at radius 3 is 2.67 bits per heavy atom. The van der Waals surface area contributed by atoms with E-state index >= 15 is 0 Å². The Morgan fingerprint density at radius 1 is 1.58 bits per heavy atom. The summed E-state index contributed by atoms with van der Waals surface area (Å²) < 4.78 is 0. The smallest absolute Gasteiger partial charge is 0.145 e. The quantitative estimate of drug-likeness (QED) is 0.459. The first-order valence-electron chi connectivity index (χ1n) is 3.36. The molecule has 0 aliphatic carbocycles. The van der Waals surface area contributed by atoms with E-state index < -0.39 is 0 Å². The highest BCUT2D eigenvalue weighted by Gasteiger charge is 2.08. The van der Waals surface area contributed by atoms with Crippen LogP contribution in [0.5, 0.6) is 5.75 Å². The summed E-state index contributed by atoms with van der Waals surface area (Å²) in [6.45, 7) is 1.82. The van der Waals surface area contributed by atoms with Crippen LogP contribution in [0.1, 0.15) is 11.1 Å². The molecule has 4 N–H and O–H groups in total. The van der Waals surface area contributed by atoms with E-state index in [0.29, 0.717) is 0 Å². The number of halogens is 1. The summed E-state index contributed by atoms with van der Waals surface area (Å²) in [7, 11) is 0. The zero-order valence-electron chi connectivity index (χ0n) is 6.56. The third-order valence-electron chi connectivity index (χ3n) is 1.50. The van der Waals surface area contributed by atoms with Gasteiger partial charge in [-0.1, -0.05) is 11.6 Å². The fraction of sp³-hybridized carbons (Fsp3) is 0.125. The number of phenolic OH excluding ortho intramolecular Hbond substituents is 1. The maximum absolute atomic E-state index is 9.34. The van der Waals surface area contributed by atoms with Crippen molar-refractivity contribution in [3.05, 3.63) is 28.3 Å². The molecule has 0 aromatic heterocycles. The number of phenols is 1. The number of hydrogen-bond donors (Lipinski definition) is 3. The van der Waals surface area contributed by atoms with Gasteiger partial charge in [-0.25, -0.2) is 0 Å². The van der Waals surface area contributed by atoms with Gasteiger partial charge < -0.3 is 10.8 Å². The Morgan fingerprint density at radius 2 is 2.17 bits per heavy atom. The molecule has 0 bridgehead atoms. The number of amidine groups is 1. The summed E-state index contributed by atoms with van der Waals surface area (Å²) in [5.41, 5.74) is 6.36. The fourth-order valence-corrected chi connectivity index (χ4v) is 1.21. The molecular weight excluding hydrogens is 176 g/mol. The van der Waals surface area contributed by atoms with Crippen LogP contribution in [0.15, 0.2) is 12.1 Å². The monoisotopic (exact) mass is 184 g/mol. The third-order valence-corrected chi connectivity index (χ3v) is 1.79. The van der Waals surface area contributed by atoms with Gasteiger partial charge in [-0.3, -0.25) is 5.41 Å². The second-order valence-corrected chi connectivity index (χ2v) is 2.96. The minimum Gasteiger partial charge on any atom is -0.506 e. The Balaban J connectivity index is 3.37. The minimum absolute atomic E-state index is 0.130. The zero-order chi connectivity index (χ0) is 9.30. The van der Waals surface area contributed by atoms with Gasteiger partial charge >= 0.3 is 0 Å². The lowest BCUT2D eigenvalue weighted by molar-refractivity contribution is 0.474. The van der Waals surface area contributed by atoms with Crippen LogP contribution >= 0.6 is 11.6 Å². The van der Waals surface area contributed by atoms with E-state index in [1.165, 1.54) is 0 Å². The van der Waals surface area contributed by atoms with Crippen molar-refractivity contribution < 1.29 is 5.11 Å². The first-order chi connectivity index (χ1) is 5.52. The number of aryl methyl sites for hydroxylation is 1. The van der Waals surface area contributed by atoms with E-state index in [9.17, 15) is 5.11 Å². The summed E-state index contributed by atoms with van der Waals surface area (Å²) in [4.78, 5) is 0. The number of aromatic hydroxyl groups is 1. The molecule has 0 atom stereocenters. The van der Waals surface area contributed by atoms with Crippen LogP contribution in [0.3, 0.4) is 0 Å². The van der Waals surface area contributed by atoms with Gasteiger partial charge in [-0.05, 0) is 24.6 Å². The van der Waals surface area contributed by atoms with Gasteiger partial charge in [-0.2, -0.15) is 0 Å². The average Bonchev–Trinajstić information content (AvgIpc) is 1.96. The van der Waals surface area contributed by atoms with Crippen molar-refractivity contribution in [1.29, 1.82) is 5.41 Å². The summed E-state index contributed by atoms with van der Waals surface area (Å²) in [5, 5.41) is 16.7. The number of hydrogen-bond acceptors (Lipinski definition) is 2. The lowest BCUT2D eigenvalue weighted by Gasteiger charge is -2.05. The minimum atomic E-state index is -0.182. The Hall–Kier alpha value is -1.22. The van der Waals surface area contributed by atoms with Crippen LogP contribution in [0, 0.1) is 12.3 Å². The molecule has 0 heterocycles. The third kappa shape index (κ3) is 1.51. The Bertz CT molecular complexity index is 336. The molecule has 64 valence electrons. The summed E-state index contributed by atoms with van der Waals surface area (Å²) in [6.07, 6.45) is 0. The molecule has 0 aliphatic heterocycles. The standard InChI is InChI=1S/C8H9ClN2O/c1-4-2-5(8(10)11)7(12)6(9)3-4/h2-3,12H,1H3,(H3,10,11). The average molecular weight is 185 g/mol. The van der Waals surface area contributed by atoms with Crippen LogP contribution in [-0.2, 0) is 0 Å². The van der Waals surface area contributed by atoms with Gasteiger partial charge in [-0.15, -0.1) is 0 Å². The van der Waals surface area contributed by atoms with Gasteiger partial charge in [0.15, 0.2) is 0 Å². The van der Waals surface area contributed by atoms with Crippen LogP contribution in [0.2, 0.25) is 5.02 Å². The molecule has 0 amide bonds. The van der Waals surface area contributed by atoms with E-state index in [1.54, 1.807) is 12.1 Å². The molecule has 0 unspecified atom stereocenters. The first-order valence-corrected chi connectivity index (χ1v) is 3.73. The highest BCUT2D eigenvalue weighted by molar-refractivity contribution is 6.32. The lowest BCUT2D eigenvalue weighted by atomic mass is 10.1. The molecule has 0 spiro atoms. The van der Waals surface area contributed by atoms with Gasteiger partial charge in [0.05, 0.1) is 10.6 Å². The molecule has 1 rings (SSSR count). The highest BCUT2D eigenvalue weighted by Crippen LogP contribution is 2.28. The van der Waals surface area contributed by atoms with Crippen molar-refractivity contribution >= 4 is 17.4 Å². The summed E-state index contributed by atoms with van der Waals surface area (Å²) in [6, 6.07) is 3.23. The topological polar surface area (TPSA) is 70.1 Å². The molecule has 1 aromatic carbocycles. The molecule has 0 saturated carbocycles. The molecule has 4 heteroatoms.